The lowest BCUT2D eigenvalue weighted by Gasteiger charge is -2.19. The van der Waals surface area contributed by atoms with Gasteiger partial charge in [0.25, 0.3) is 0 Å². The fourth-order valence-corrected chi connectivity index (χ4v) is 1.91. The molecule has 106 valence electrons. The van der Waals surface area contributed by atoms with Crippen molar-refractivity contribution in [2.45, 2.75) is 13.3 Å². The van der Waals surface area contributed by atoms with Gasteiger partial charge in [0, 0.05) is 6.61 Å². The van der Waals surface area contributed by atoms with Crippen molar-refractivity contribution in [3.8, 4) is 11.5 Å². The first-order valence-corrected chi connectivity index (χ1v) is 6.08. The quantitative estimate of drug-likeness (QED) is 0.785. The van der Waals surface area contributed by atoms with E-state index in [1.54, 1.807) is 33.3 Å². The molecule has 5 heteroatoms. The third-order valence-corrected chi connectivity index (χ3v) is 3.28. The molecule has 0 bridgehead atoms. The van der Waals surface area contributed by atoms with Crippen molar-refractivity contribution in [3.05, 3.63) is 23.8 Å². The van der Waals surface area contributed by atoms with E-state index in [9.17, 15) is 9.90 Å². The number of aliphatic hydroxyl groups is 1. The molecule has 19 heavy (non-hydrogen) atoms. The van der Waals surface area contributed by atoms with Crippen LogP contribution in [0.3, 0.4) is 0 Å². The van der Waals surface area contributed by atoms with Crippen molar-refractivity contribution in [1.82, 2.24) is 0 Å². The Labute approximate surface area is 112 Å². The molecular weight excluding hydrogens is 248 g/mol. The summed E-state index contributed by atoms with van der Waals surface area (Å²) in [4.78, 5) is 11.0. The van der Waals surface area contributed by atoms with Gasteiger partial charge in [-0.25, -0.2) is 0 Å². The van der Waals surface area contributed by atoms with E-state index in [-0.39, 0.29) is 12.5 Å². The Kier molecular flexibility index (Phi) is 5.63. The Morgan fingerprint density at radius 2 is 1.89 bits per heavy atom. The lowest BCUT2D eigenvalue weighted by Crippen LogP contribution is -2.25. The average Bonchev–Trinajstić information content (AvgIpc) is 2.43. The fourth-order valence-electron chi connectivity index (χ4n) is 1.91. The molecule has 0 saturated heterocycles. The number of hydrogen-bond donors (Lipinski definition) is 2. The molecule has 5 nitrogen and oxygen atoms in total. The summed E-state index contributed by atoms with van der Waals surface area (Å²) < 4.78 is 10.3. The Bertz CT molecular complexity index is 430. The zero-order valence-electron chi connectivity index (χ0n) is 11.4. The highest BCUT2D eigenvalue weighted by atomic mass is 16.5. The molecule has 1 aromatic carbocycles. The Morgan fingerprint density at radius 3 is 2.37 bits per heavy atom. The maximum atomic E-state index is 11.0. The van der Waals surface area contributed by atoms with E-state index in [1.165, 1.54) is 0 Å². The van der Waals surface area contributed by atoms with Crippen LogP contribution >= 0.6 is 0 Å². The van der Waals surface area contributed by atoms with Crippen LogP contribution in [-0.4, -0.2) is 37.0 Å². The minimum absolute atomic E-state index is 0.165. The highest BCUT2D eigenvalue weighted by Gasteiger charge is 2.23. The maximum Gasteiger partial charge on any atom is 0.306 e. The number of methoxy groups -OCH3 is 2. The number of carbonyl (C=O) groups is 1. The van der Waals surface area contributed by atoms with Crippen LogP contribution in [0, 0.1) is 11.8 Å². The Balaban J connectivity index is 2.88. The SMILES string of the molecule is COc1ccc(CC(CO)[C@@H](C)C(=O)O)cc1OC. The molecule has 0 radical (unpaired) electrons. The number of carboxylic acid groups (broad SMARTS) is 1. The van der Waals surface area contributed by atoms with E-state index in [0.717, 1.165) is 5.56 Å². The van der Waals surface area contributed by atoms with E-state index in [4.69, 9.17) is 14.6 Å². The molecule has 0 heterocycles. The van der Waals surface area contributed by atoms with Crippen molar-refractivity contribution in [2.24, 2.45) is 11.8 Å². The standard InChI is InChI=1S/C14H20O5/c1-9(14(16)17)11(8-15)6-10-4-5-12(18-2)13(7-10)19-3/h4-5,7,9,11,15H,6,8H2,1-3H3,(H,16,17)/t9-,11?/m1/s1. The summed E-state index contributed by atoms with van der Waals surface area (Å²) in [6, 6.07) is 5.42. The number of benzene rings is 1. The fraction of sp³-hybridized carbons (Fsp3) is 0.500. The van der Waals surface area contributed by atoms with Gasteiger partial charge in [-0.15, -0.1) is 0 Å². The Morgan fingerprint density at radius 1 is 1.26 bits per heavy atom. The van der Waals surface area contributed by atoms with Gasteiger partial charge in [0.2, 0.25) is 0 Å². The largest absolute Gasteiger partial charge is 0.493 e. The van der Waals surface area contributed by atoms with E-state index in [0.29, 0.717) is 17.9 Å². The maximum absolute atomic E-state index is 11.0. The zero-order chi connectivity index (χ0) is 14.4. The van der Waals surface area contributed by atoms with Crippen LogP contribution in [0.2, 0.25) is 0 Å². The van der Waals surface area contributed by atoms with Crippen LogP contribution in [0.5, 0.6) is 11.5 Å². The van der Waals surface area contributed by atoms with Crippen molar-refractivity contribution < 1.29 is 24.5 Å². The molecule has 1 aromatic rings. The van der Waals surface area contributed by atoms with E-state index in [1.807, 2.05) is 6.07 Å². The lowest BCUT2D eigenvalue weighted by molar-refractivity contribution is -0.143. The van der Waals surface area contributed by atoms with E-state index in [2.05, 4.69) is 0 Å². The number of rotatable bonds is 7. The van der Waals surface area contributed by atoms with Gasteiger partial charge in [-0.3, -0.25) is 4.79 Å². The molecule has 2 atom stereocenters. The molecule has 1 unspecified atom stereocenters. The first-order chi connectivity index (χ1) is 9.03. The molecule has 0 aliphatic carbocycles. The van der Waals surface area contributed by atoms with Gasteiger partial charge < -0.3 is 19.7 Å². The van der Waals surface area contributed by atoms with Gasteiger partial charge in [-0.05, 0) is 30.0 Å². The van der Waals surface area contributed by atoms with Crippen LogP contribution in [0.1, 0.15) is 12.5 Å². The summed E-state index contributed by atoms with van der Waals surface area (Å²) in [5.74, 6) is -0.606. The molecule has 0 aromatic heterocycles. The second-order valence-electron chi connectivity index (χ2n) is 4.46. The molecule has 0 aliphatic rings. The monoisotopic (exact) mass is 268 g/mol. The van der Waals surface area contributed by atoms with Crippen molar-refractivity contribution in [3.63, 3.8) is 0 Å². The normalized spacial score (nSPS) is 13.7. The van der Waals surface area contributed by atoms with Gasteiger partial charge >= 0.3 is 5.97 Å². The third-order valence-electron chi connectivity index (χ3n) is 3.28. The van der Waals surface area contributed by atoms with Gasteiger partial charge in [0.15, 0.2) is 11.5 Å². The highest BCUT2D eigenvalue weighted by molar-refractivity contribution is 5.69. The molecule has 0 spiro atoms. The second kappa shape index (κ2) is 6.99. The topological polar surface area (TPSA) is 76.0 Å². The number of aliphatic carboxylic acids is 1. The summed E-state index contributed by atoms with van der Waals surface area (Å²) in [7, 11) is 3.10. The highest BCUT2D eigenvalue weighted by Crippen LogP contribution is 2.29. The van der Waals surface area contributed by atoms with Gasteiger partial charge in [0.05, 0.1) is 20.1 Å². The molecule has 0 fully saturated rings. The molecular formula is C14H20O5. The van der Waals surface area contributed by atoms with Crippen LogP contribution in [0.15, 0.2) is 18.2 Å². The molecule has 0 aliphatic heterocycles. The third kappa shape index (κ3) is 3.86. The van der Waals surface area contributed by atoms with Gasteiger partial charge in [-0.1, -0.05) is 13.0 Å². The average molecular weight is 268 g/mol. The number of carboxylic acids is 1. The van der Waals surface area contributed by atoms with Crippen molar-refractivity contribution in [1.29, 1.82) is 0 Å². The minimum Gasteiger partial charge on any atom is -0.493 e. The number of ether oxygens (including phenoxy) is 2. The van der Waals surface area contributed by atoms with E-state index < -0.39 is 11.9 Å². The summed E-state index contributed by atoms with van der Waals surface area (Å²) in [5, 5.41) is 18.3. The lowest BCUT2D eigenvalue weighted by atomic mass is 9.88. The van der Waals surface area contributed by atoms with Crippen LogP contribution in [-0.2, 0) is 11.2 Å². The minimum atomic E-state index is -0.903. The second-order valence-corrected chi connectivity index (χ2v) is 4.46. The Hall–Kier alpha value is -1.75. The molecule has 2 N–H and O–H groups in total. The molecule has 0 saturated carbocycles. The van der Waals surface area contributed by atoms with E-state index >= 15 is 0 Å². The summed E-state index contributed by atoms with van der Waals surface area (Å²) in [6.07, 6.45) is 0.477. The van der Waals surface area contributed by atoms with Gasteiger partial charge in [-0.2, -0.15) is 0 Å². The summed E-state index contributed by atoms with van der Waals surface area (Å²) >= 11 is 0. The first kappa shape index (κ1) is 15.3. The predicted molar refractivity (Wildman–Crippen MR) is 70.6 cm³/mol. The number of aliphatic hydroxyl groups excluding tert-OH is 1. The summed E-state index contributed by atoms with van der Waals surface area (Å²) in [6.45, 7) is 1.44. The molecule has 1 rings (SSSR count). The zero-order valence-corrected chi connectivity index (χ0v) is 11.4. The van der Waals surface area contributed by atoms with Crippen LogP contribution in [0.25, 0.3) is 0 Å². The van der Waals surface area contributed by atoms with Gasteiger partial charge in [0.1, 0.15) is 0 Å². The predicted octanol–water partition coefficient (Wildman–Crippen LogP) is 1.58. The van der Waals surface area contributed by atoms with Crippen LogP contribution < -0.4 is 9.47 Å². The first-order valence-electron chi connectivity index (χ1n) is 6.08. The number of hydrogen-bond acceptors (Lipinski definition) is 4. The van der Waals surface area contributed by atoms with Crippen LogP contribution in [0.4, 0.5) is 0 Å². The summed E-state index contributed by atoms with van der Waals surface area (Å²) in [5.41, 5.74) is 0.907. The van der Waals surface area contributed by atoms with Crippen molar-refractivity contribution in [2.75, 3.05) is 20.8 Å². The van der Waals surface area contributed by atoms with Crippen molar-refractivity contribution >= 4 is 5.97 Å². The smallest absolute Gasteiger partial charge is 0.306 e. The molecule has 0 amide bonds.